The Labute approximate surface area is 204 Å². The topological polar surface area (TPSA) is 82.1 Å². The fourth-order valence-electron chi connectivity index (χ4n) is 5.21. The summed E-state index contributed by atoms with van der Waals surface area (Å²) >= 11 is 0. The molecule has 0 fully saturated rings. The molecule has 0 atom stereocenters. The van der Waals surface area contributed by atoms with Crippen molar-refractivity contribution in [3.8, 4) is 17.1 Å². The number of nitrogens with one attached hydrogen (secondary N) is 1. The van der Waals surface area contributed by atoms with Crippen molar-refractivity contribution in [2.24, 2.45) is 0 Å². The Bertz CT molecular complexity index is 1990. The van der Waals surface area contributed by atoms with Crippen LogP contribution in [-0.2, 0) is 0 Å². The maximum atomic E-state index is 4.46. The van der Waals surface area contributed by atoms with E-state index >= 15 is 0 Å². The summed E-state index contributed by atoms with van der Waals surface area (Å²) in [5.41, 5.74) is 7.40. The molecule has 8 nitrogen and oxygen atoms in total. The van der Waals surface area contributed by atoms with Crippen LogP contribution in [0.2, 0.25) is 0 Å². The first-order chi connectivity index (χ1) is 17.8. The van der Waals surface area contributed by atoms with Crippen molar-refractivity contribution in [1.82, 2.24) is 38.6 Å². The lowest BCUT2D eigenvalue weighted by Gasteiger charge is -2.14. The van der Waals surface area contributed by atoms with Crippen LogP contribution in [0.1, 0.15) is 0 Å². The second kappa shape index (κ2) is 7.13. The number of hydrogen-bond donors (Lipinski definition) is 1. The lowest BCUT2D eigenvalue weighted by atomic mass is 10.1. The van der Waals surface area contributed by atoms with Gasteiger partial charge in [-0.1, -0.05) is 0 Å². The van der Waals surface area contributed by atoms with E-state index in [1.807, 2.05) is 65.0 Å². The summed E-state index contributed by atoms with van der Waals surface area (Å²) in [4.78, 5) is 20.9. The first-order valence-electron chi connectivity index (χ1n) is 11.6. The number of fused-ring (bicyclic) bond motifs is 6. The normalized spacial score (nSPS) is 11.9. The first kappa shape index (κ1) is 19.1. The highest BCUT2D eigenvalue weighted by atomic mass is 15.1. The average Bonchev–Trinajstić information content (AvgIpc) is 3.72. The molecule has 170 valence electrons. The molecule has 0 saturated heterocycles. The van der Waals surface area contributed by atoms with E-state index < -0.39 is 0 Å². The smallest absolute Gasteiger partial charge is 0.0991 e. The molecule has 0 bridgehead atoms. The predicted molar refractivity (Wildman–Crippen MR) is 140 cm³/mol. The number of aromatic nitrogens is 8. The summed E-state index contributed by atoms with van der Waals surface area (Å²) in [5.74, 6) is 0. The third-order valence-corrected chi connectivity index (χ3v) is 6.84. The Hall–Kier alpha value is -5.24. The molecule has 0 radical (unpaired) electrons. The summed E-state index contributed by atoms with van der Waals surface area (Å²) in [5, 5.41) is 4.51. The standard InChI is InChI=1S/C28H18N8/c1-3-29-14-23-21-12-22-24-15-30-4-2-27(24)36(28(22)13-26(21)33-25(1)23)20-10-18(34-7-5-31-16-34)9-19(11-20)35-8-6-32-17-35/h1-17,33H. The molecule has 0 aliphatic carbocycles. The molecule has 36 heavy (non-hydrogen) atoms. The van der Waals surface area contributed by atoms with Gasteiger partial charge in [-0.15, -0.1) is 0 Å². The molecule has 6 aromatic heterocycles. The highest BCUT2D eigenvalue weighted by Crippen LogP contribution is 2.37. The molecule has 1 N–H and O–H groups in total. The Morgan fingerprint density at radius 3 is 1.94 bits per heavy atom. The van der Waals surface area contributed by atoms with Gasteiger partial charge in [-0.3, -0.25) is 9.97 Å². The quantitative estimate of drug-likeness (QED) is 0.369. The van der Waals surface area contributed by atoms with Gasteiger partial charge < -0.3 is 18.7 Å². The number of pyridine rings is 2. The maximum Gasteiger partial charge on any atom is 0.0991 e. The number of H-pyrrole nitrogens is 1. The zero-order valence-corrected chi connectivity index (χ0v) is 18.9. The van der Waals surface area contributed by atoms with Gasteiger partial charge in [0, 0.05) is 82.2 Å². The van der Waals surface area contributed by atoms with Gasteiger partial charge in [0.1, 0.15) is 0 Å². The van der Waals surface area contributed by atoms with Crippen molar-refractivity contribution >= 4 is 43.6 Å². The highest BCUT2D eigenvalue weighted by Gasteiger charge is 2.17. The zero-order chi connectivity index (χ0) is 23.6. The Balaban J connectivity index is 1.49. The van der Waals surface area contributed by atoms with Gasteiger partial charge in [0.25, 0.3) is 0 Å². The van der Waals surface area contributed by atoms with E-state index in [1.54, 1.807) is 12.4 Å². The molecule has 0 saturated carbocycles. The van der Waals surface area contributed by atoms with E-state index in [2.05, 4.69) is 65.9 Å². The number of rotatable bonds is 3. The van der Waals surface area contributed by atoms with E-state index in [1.165, 1.54) is 0 Å². The van der Waals surface area contributed by atoms with Crippen LogP contribution in [0.25, 0.3) is 60.7 Å². The van der Waals surface area contributed by atoms with Crippen molar-refractivity contribution in [3.63, 3.8) is 0 Å². The first-order valence-corrected chi connectivity index (χ1v) is 11.6. The van der Waals surface area contributed by atoms with Crippen molar-refractivity contribution < 1.29 is 0 Å². The van der Waals surface area contributed by atoms with Crippen LogP contribution >= 0.6 is 0 Å². The second-order valence-corrected chi connectivity index (χ2v) is 8.84. The molecule has 0 spiro atoms. The molecule has 8 heteroatoms. The van der Waals surface area contributed by atoms with Gasteiger partial charge in [0.15, 0.2) is 0 Å². The number of imidazole rings is 2. The molecular weight excluding hydrogens is 448 g/mol. The highest BCUT2D eigenvalue weighted by molar-refractivity contribution is 6.18. The molecule has 0 unspecified atom stereocenters. The van der Waals surface area contributed by atoms with Crippen LogP contribution in [0.15, 0.2) is 105 Å². The third-order valence-electron chi connectivity index (χ3n) is 6.84. The van der Waals surface area contributed by atoms with E-state index in [-0.39, 0.29) is 0 Å². The summed E-state index contributed by atoms with van der Waals surface area (Å²) < 4.78 is 6.33. The minimum absolute atomic E-state index is 1.01. The molecule has 8 aromatic rings. The summed E-state index contributed by atoms with van der Waals surface area (Å²) in [6.07, 6.45) is 18.6. The molecule has 6 heterocycles. The van der Waals surface area contributed by atoms with E-state index in [9.17, 15) is 0 Å². The van der Waals surface area contributed by atoms with Crippen LogP contribution in [0.5, 0.6) is 0 Å². The van der Waals surface area contributed by atoms with E-state index in [0.717, 1.165) is 60.7 Å². The fourth-order valence-corrected chi connectivity index (χ4v) is 5.21. The predicted octanol–water partition coefficient (Wildman–Crippen LogP) is 5.58. The van der Waals surface area contributed by atoms with Gasteiger partial charge in [0.2, 0.25) is 0 Å². The minimum atomic E-state index is 1.01. The van der Waals surface area contributed by atoms with Crippen LogP contribution in [0.4, 0.5) is 0 Å². The van der Waals surface area contributed by atoms with Crippen LogP contribution in [0, 0.1) is 0 Å². The van der Waals surface area contributed by atoms with Gasteiger partial charge in [-0.05, 0) is 42.5 Å². The fraction of sp³-hybridized carbons (Fsp3) is 0. The van der Waals surface area contributed by atoms with Gasteiger partial charge in [-0.2, -0.15) is 0 Å². The van der Waals surface area contributed by atoms with Crippen LogP contribution in [-0.4, -0.2) is 38.6 Å². The van der Waals surface area contributed by atoms with Gasteiger partial charge in [-0.25, -0.2) is 9.97 Å². The lowest BCUT2D eigenvalue weighted by molar-refractivity contribution is 1.01. The summed E-state index contributed by atoms with van der Waals surface area (Å²) in [6, 6.07) is 15.1. The zero-order valence-electron chi connectivity index (χ0n) is 18.9. The monoisotopic (exact) mass is 466 g/mol. The molecule has 0 aliphatic rings. The van der Waals surface area contributed by atoms with Crippen molar-refractivity contribution in [2.75, 3.05) is 0 Å². The van der Waals surface area contributed by atoms with E-state index in [4.69, 9.17) is 0 Å². The number of nitrogens with zero attached hydrogens (tertiary/aromatic N) is 7. The van der Waals surface area contributed by atoms with E-state index in [0.29, 0.717) is 0 Å². The SMILES string of the molecule is c1cc2[nH]c3cc4c(cc3c2cn1)c1cnccc1n4-c1cc(-n2ccnc2)cc(-n2ccnc2)c1. The minimum Gasteiger partial charge on any atom is -0.354 e. The van der Waals surface area contributed by atoms with Crippen LogP contribution < -0.4 is 0 Å². The largest absolute Gasteiger partial charge is 0.354 e. The Kier molecular flexibility index (Phi) is 3.78. The van der Waals surface area contributed by atoms with Crippen molar-refractivity contribution in [3.05, 3.63) is 105 Å². The van der Waals surface area contributed by atoms with Gasteiger partial charge in [0.05, 0.1) is 40.8 Å². The third kappa shape index (κ3) is 2.69. The molecule has 0 amide bonds. The second-order valence-electron chi connectivity index (χ2n) is 8.84. The maximum absolute atomic E-state index is 4.46. The molecule has 2 aromatic carbocycles. The number of aromatic amines is 1. The molecule has 0 aliphatic heterocycles. The number of benzene rings is 2. The molecule has 8 rings (SSSR count). The average molecular weight is 467 g/mol. The summed E-state index contributed by atoms with van der Waals surface area (Å²) in [7, 11) is 0. The lowest BCUT2D eigenvalue weighted by Crippen LogP contribution is -2.01. The van der Waals surface area contributed by atoms with Crippen molar-refractivity contribution in [1.29, 1.82) is 0 Å². The Morgan fingerprint density at radius 2 is 1.22 bits per heavy atom. The summed E-state index contributed by atoms with van der Waals surface area (Å²) in [6.45, 7) is 0. The number of hydrogen-bond acceptors (Lipinski definition) is 4. The van der Waals surface area contributed by atoms with Crippen LogP contribution in [0.3, 0.4) is 0 Å². The van der Waals surface area contributed by atoms with Gasteiger partial charge >= 0.3 is 0 Å². The molecular formula is C28H18N8. The Morgan fingerprint density at radius 1 is 0.528 bits per heavy atom. The van der Waals surface area contributed by atoms with Crippen molar-refractivity contribution in [2.45, 2.75) is 0 Å².